The third-order valence-electron chi connectivity index (χ3n) is 8.27. The Labute approximate surface area is 224 Å². The summed E-state index contributed by atoms with van der Waals surface area (Å²) in [6.45, 7) is 2.21. The van der Waals surface area contributed by atoms with Crippen molar-refractivity contribution < 1.29 is 20.1 Å². The molecule has 0 fully saturated rings. The molecule has 1 heterocycles. The van der Waals surface area contributed by atoms with E-state index in [0.29, 0.717) is 0 Å². The number of aryl methyl sites for hydroxylation is 5. The van der Waals surface area contributed by atoms with Gasteiger partial charge in [0.05, 0.1) is 0 Å². The third-order valence-corrected chi connectivity index (χ3v) is 8.27. The van der Waals surface area contributed by atoms with Crippen molar-refractivity contribution in [2.75, 3.05) is 0 Å². The molecule has 0 N–H and O–H groups in total. The maximum absolute atomic E-state index is 4.92. The van der Waals surface area contributed by atoms with Crippen LogP contribution in [0.2, 0.25) is 0 Å². The molecule has 0 saturated heterocycles. The van der Waals surface area contributed by atoms with Crippen molar-refractivity contribution in [3.8, 4) is 22.4 Å². The SMILES string of the molecule is Cc1cccc2ccc3c4ccnc(-c5[c-]c6c7c(c5)CCc5cccc(c5-7)CC6)c4ccc3c12.[Ir]. The van der Waals surface area contributed by atoms with Crippen LogP contribution in [0.15, 0.2) is 79.0 Å². The first kappa shape index (κ1) is 21.9. The van der Waals surface area contributed by atoms with E-state index in [1.165, 1.54) is 71.3 Å². The average molecular weight is 639 g/mol. The van der Waals surface area contributed by atoms with E-state index in [0.717, 1.165) is 36.9 Å². The second kappa shape index (κ2) is 8.10. The summed E-state index contributed by atoms with van der Waals surface area (Å²) in [6.07, 6.45) is 6.37. The number of aromatic nitrogens is 1. The first-order valence-electron chi connectivity index (χ1n) is 12.7. The zero-order chi connectivity index (χ0) is 23.1. The second-order valence-electron chi connectivity index (χ2n) is 10.2. The van der Waals surface area contributed by atoms with Gasteiger partial charge in [0.1, 0.15) is 0 Å². The zero-order valence-electron chi connectivity index (χ0n) is 20.1. The summed E-state index contributed by atoms with van der Waals surface area (Å²) in [5.74, 6) is 0. The molecule has 36 heavy (non-hydrogen) atoms. The first-order chi connectivity index (χ1) is 17.3. The molecule has 2 aliphatic carbocycles. The zero-order valence-corrected chi connectivity index (χ0v) is 22.5. The Balaban J connectivity index is 0.00000220. The van der Waals surface area contributed by atoms with Gasteiger partial charge in [0.15, 0.2) is 0 Å². The van der Waals surface area contributed by atoms with Crippen molar-refractivity contribution in [3.63, 3.8) is 0 Å². The topological polar surface area (TPSA) is 12.9 Å². The molecule has 6 aromatic rings. The molecule has 1 nitrogen and oxygen atoms in total. The van der Waals surface area contributed by atoms with Crippen molar-refractivity contribution in [3.05, 3.63) is 113 Å². The Bertz CT molecular complexity index is 1820. The average Bonchev–Trinajstić information content (AvgIpc) is 2.91. The van der Waals surface area contributed by atoms with Gasteiger partial charge < -0.3 is 4.98 Å². The predicted molar refractivity (Wildman–Crippen MR) is 146 cm³/mol. The normalized spacial score (nSPS) is 13.6. The Morgan fingerprint density at radius 1 is 0.667 bits per heavy atom. The fraction of sp³-hybridized carbons (Fsp3) is 0.147. The van der Waals surface area contributed by atoms with Crippen LogP contribution in [0.3, 0.4) is 0 Å². The predicted octanol–water partition coefficient (Wildman–Crippen LogP) is 8.18. The van der Waals surface area contributed by atoms with Gasteiger partial charge in [-0.05, 0) is 93.4 Å². The molecule has 2 heteroatoms. The number of hydrogen-bond donors (Lipinski definition) is 0. The van der Waals surface area contributed by atoms with Crippen LogP contribution >= 0.6 is 0 Å². The standard InChI is InChI=1S/C34H24N.Ir/c1-20-4-2-5-21-12-13-27-28-16-17-35-34(30(28)15-14-29(27)31(20)21)26-18-24-10-8-22-6-3-7-23-9-11-25(19-26)33(24)32(22)23;/h2-7,12-18H,8-11H2,1H3;/q-1;. The van der Waals surface area contributed by atoms with Crippen molar-refractivity contribution in [2.45, 2.75) is 32.6 Å². The molecule has 1 radical (unpaired) electrons. The van der Waals surface area contributed by atoms with Gasteiger partial charge in [0, 0.05) is 26.3 Å². The number of fused-ring (bicyclic) bond motifs is 5. The summed E-state index contributed by atoms with van der Waals surface area (Å²) in [5, 5.41) is 7.75. The Kier molecular flexibility index (Phi) is 4.93. The maximum atomic E-state index is 4.92. The molecular weight excluding hydrogens is 615 g/mol. The van der Waals surface area contributed by atoms with Gasteiger partial charge in [-0.3, -0.25) is 0 Å². The van der Waals surface area contributed by atoms with E-state index < -0.39 is 0 Å². The van der Waals surface area contributed by atoms with Gasteiger partial charge in [-0.1, -0.05) is 71.8 Å². The fourth-order valence-corrected chi connectivity index (χ4v) is 6.71. The molecule has 0 bridgehead atoms. The Morgan fingerprint density at radius 2 is 1.39 bits per heavy atom. The molecule has 8 rings (SSSR count). The van der Waals surface area contributed by atoms with Gasteiger partial charge in [0.2, 0.25) is 0 Å². The minimum atomic E-state index is 0. The molecule has 0 atom stereocenters. The summed E-state index contributed by atoms with van der Waals surface area (Å²) < 4.78 is 0. The van der Waals surface area contributed by atoms with E-state index in [4.69, 9.17) is 4.98 Å². The fourth-order valence-electron chi connectivity index (χ4n) is 6.71. The molecule has 0 unspecified atom stereocenters. The van der Waals surface area contributed by atoms with Gasteiger partial charge in [-0.25, -0.2) is 0 Å². The number of rotatable bonds is 1. The van der Waals surface area contributed by atoms with Gasteiger partial charge in [-0.2, -0.15) is 0 Å². The monoisotopic (exact) mass is 639 g/mol. The molecular formula is C34H24IrN-. The summed E-state index contributed by atoms with van der Waals surface area (Å²) in [6, 6.07) is 30.9. The van der Waals surface area contributed by atoms with E-state index in [2.05, 4.69) is 85.8 Å². The van der Waals surface area contributed by atoms with Crippen LogP contribution in [0.25, 0.3) is 54.7 Å². The maximum Gasteiger partial charge on any atom is 0.0167 e. The van der Waals surface area contributed by atoms with Crippen molar-refractivity contribution in [2.24, 2.45) is 0 Å². The van der Waals surface area contributed by atoms with Gasteiger partial charge >= 0.3 is 0 Å². The molecule has 2 aliphatic rings. The molecule has 0 saturated carbocycles. The minimum absolute atomic E-state index is 0. The number of hydrogen-bond acceptors (Lipinski definition) is 1. The third kappa shape index (κ3) is 3.01. The van der Waals surface area contributed by atoms with Crippen molar-refractivity contribution in [1.29, 1.82) is 0 Å². The minimum Gasteiger partial charge on any atom is -0.304 e. The van der Waals surface area contributed by atoms with Crippen LogP contribution in [0.5, 0.6) is 0 Å². The van der Waals surface area contributed by atoms with E-state index in [1.54, 1.807) is 0 Å². The Hall–Kier alpha value is -3.32. The van der Waals surface area contributed by atoms with Crippen LogP contribution in [-0.2, 0) is 45.8 Å². The second-order valence-corrected chi connectivity index (χ2v) is 10.2. The van der Waals surface area contributed by atoms with E-state index in [1.807, 2.05) is 6.20 Å². The van der Waals surface area contributed by atoms with E-state index >= 15 is 0 Å². The van der Waals surface area contributed by atoms with E-state index in [-0.39, 0.29) is 20.1 Å². The van der Waals surface area contributed by atoms with E-state index in [9.17, 15) is 0 Å². The molecule has 5 aromatic carbocycles. The number of pyridine rings is 1. The van der Waals surface area contributed by atoms with Crippen LogP contribution in [0.4, 0.5) is 0 Å². The number of benzene rings is 5. The van der Waals surface area contributed by atoms with Crippen molar-refractivity contribution >= 4 is 32.3 Å². The summed E-state index contributed by atoms with van der Waals surface area (Å²) in [4.78, 5) is 4.92. The molecule has 0 amide bonds. The van der Waals surface area contributed by atoms with Crippen LogP contribution in [0.1, 0.15) is 27.8 Å². The Morgan fingerprint density at radius 3 is 2.28 bits per heavy atom. The molecule has 0 aliphatic heterocycles. The van der Waals surface area contributed by atoms with Gasteiger partial charge in [-0.15, -0.1) is 28.8 Å². The first-order valence-corrected chi connectivity index (χ1v) is 12.7. The quantitative estimate of drug-likeness (QED) is 0.131. The smallest absolute Gasteiger partial charge is 0.0167 e. The number of nitrogens with zero attached hydrogens (tertiary/aromatic N) is 1. The van der Waals surface area contributed by atoms with Gasteiger partial charge in [0.25, 0.3) is 0 Å². The summed E-state index contributed by atoms with van der Waals surface area (Å²) in [5.41, 5.74) is 12.3. The van der Waals surface area contributed by atoms with Crippen LogP contribution < -0.4 is 0 Å². The summed E-state index contributed by atoms with van der Waals surface area (Å²) in [7, 11) is 0. The molecule has 0 spiro atoms. The molecule has 175 valence electrons. The molecule has 1 aromatic heterocycles. The van der Waals surface area contributed by atoms with Crippen LogP contribution in [-0.4, -0.2) is 4.98 Å². The summed E-state index contributed by atoms with van der Waals surface area (Å²) >= 11 is 0. The van der Waals surface area contributed by atoms with Crippen LogP contribution in [0, 0.1) is 13.0 Å². The largest absolute Gasteiger partial charge is 0.304 e. The van der Waals surface area contributed by atoms with Crippen molar-refractivity contribution in [1.82, 2.24) is 4.98 Å².